The van der Waals surface area contributed by atoms with Gasteiger partial charge < -0.3 is 10.2 Å². The van der Waals surface area contributed by atoms with Crippen molar-refractivity contribution >= 4 is 55.1 Å². The molecule has 7 nitrogen and oxygen atoms in total. The van der Waals surface area contributed by atoms with E-state index in [0.29, 0.717) is 23.7 Å². The van der Waals surface area contributed by atoms with E-state index in [1.807, 2.05) is 68.4 Å². The molecule has 0 saturated heterocycles. The Morgan fingerprint density at radius 3 is 2.32 bits per heavy atom. The lowest BCUT2D eigenvalue weighted by Crippen LogP contribution is -2.50. The van der Waals surface area contributed by atoms with E-state index in [2.05, 4.69) is 21.2 Å². The third-order valence-corrected chi connectivity index (χ3v) is 8.62. The summed E-state index contributed by atoms with van der Waals surface area (Å²) in [5.41, 5.74) is 3.08. The molecular weight excluding hydrogens is 626 g/mol. The fraction of sp³-hybridized carbons (Fsp3) is 0.355. The van der Waals surface area contributed by atoms with E-state index in [4.69, 9.17) is 11.6 Å². The monoisotopic (exact) mass is 661 g/mol. The average Bonchev–Trinajstić information content (AvgIpc) is 2.94. The number of benzene rings is 3. The Morgan fingerprint density at radius 2 is 1.68 bits per heavy atom. The molecule has 1 atom stereocenters. The Bertz CT molecular complexity index is 1420. The van der Waals surface area contributed by atoms with Crippen LogP contribution in [-0.4, -0.2) is 50.5 Å². The number of rotatable bonds is 14. The third-order valence-electron chi connectivity index (χ3n) is 6.68. The first-order chi connectivity index (χ1) is 19.5. The molecule has 3 rings (SSSR count). The van der Waals surface area contributed by atoms with Crippen LogP contribution in [0.4, 0.5) is 5.69 Å². The number of sulfonamides is 1. The fourth-order valence-electron chi connectivity index (χ4n) is 4.54. The predicted molar refractivity (Wildman–Crippen MR) is 170 cm³/mol. The lowest BCUT2D eigenvalue weighted by Gasteiger charge is -2.32. The van der Waals surface area contributed by atoms with Gasteiger partial charge in [-0.15, -0.1) is 0 Å². The zero-order valence-electron chi connectivity index (χ0n) is 23.6. The lowest BCUT2D eigenvalue weighted by molar-refractivity contribution is -0.141. The van der Waals surface area contributed by atoms with E-state index in [-0.39, 0.29) is 37.7 Å². The molecule has 0 saturated carbocycles. The molecule has 0 fully saturated rings. The van der Waals surface area contributed by atoms with Crippen LogP contribution in [0.3, 0.4) is 0 Å². The number of aryl methyl sites for hydroxylation is 1. The second kappa shape index (κ2) is 15.4. The maximum absolute atomic E-state index is 13.9. The van der Waals surface area contributed by atoms with Crippen molar-refractivity contribution in [3.05, 3.63) is 99.0 Å². The molecule has 10 heteroatoms. The smallest absolute Gasteiger partial charge is 0.243 e. The van der Waals surface area contributed by atoms with E-state index in [9.17, 15) is 18.0 Å². The van der Waals surface area contributed by atoms with Gasteiger partial charge in [0, 0.05) is 42.0 Å². The average molecular weight is 663 g/mol. The maximum atomic E-state index is 13.9. The number of anilines is 1. The Morgan fingerprint density at radius 1 is 1.00 bits per heavy atom. The number of hydrogen-bond donors (Lipinski definition) is 1. The largest absolute Gasteiger partial charge is 0.354 e. The molecule has 220 valence electrons. The van der Waals surface area contributed by atoms with Gasteiger partial charge in [-0.05, 0) is 60.7 Å². The Balaban J connectivity index is 1.88. The van der Waals surface area contributed by atoms with Crippen LogP contribution in [0, 0.1) is 6.92 Å². The van der Waals surface area contributed by atoms with Crippen LogP contribution in [0.25, 0.3) is 0 Å². The second-order valence-electron chi connectivity index (χ2n) is 10.0. The highest BCUT2D eigenvalue weighted by Gasteiger charge is 2.30. The molecule has 0 heterocycles. The van der Waals surface area contributed by atoms with Gasteiger partial charge in [-0.3, -0.25) is 13.9 Å². The highest BCUT2D eigenvalue weighted by molar-refractivity contribution is 9.10. The number of carbonyl (C=O) groups is 2. The van der Waals surface area contributed by atoms with Crippen molar-refractivity contribution in [3.63, 3.8) is 0 Å². The van der Waals surface area contributed by atoms with Gasteiger partial charge in [0.15, 0.2) is 0 Å². The quantitative estimate of drug-likeness (QED) is 0.225. The summed E-state index contributed by atoms with van der Waals surface area (Å²) in [6.07, 6.45) is 2.60. The molecular formula is C31H37BrClN3O4S. The van der Waals surface area contributed by atoms with Gasteiger partial charge in [0.1, 0.15) is 6.04 Å². The number of nitrogens with zero attached hydrogens (tertiary/aromatic N) is 2. The molecule has 0 radical (unpaired) electrons. The first-order valence-corrected chi connectivity index (χ1v) is 16.6. The summed E-state index contributed by atoms with van der Waals surface area (Å²) in [5.74, 6) is -0.440. The molecule has 0 bridgehead atoms. The molecule has 2 amide bonds. The van der Waals surface area contributed by atoms with Crippen LogP contribution in [0.2, 0.25) is 5.02 Å². The number of amides is 2. The fourth-order valence-corrected chi connectivity index (χ4v) is 5.99. The summed E-state index contributed by atoms with van der Waals surface area (Å²) in [6, 6.07) is 21.6. The van der Waals surface area contributed by atoms with Crippen LogP contribution in [0.1, 0.15) is 42.9 Å². The maximum Gasteiger partial charge on any atom is 0.243 e. The number of halogens is 2. The zero-order chi connectivity index (χ0) is 30.0. The van der Waals surface area contributed by atoms with Crippen LogP contribution in [-0.2, 0) is 32.6 Å². The summed E-state index contributed by atoms with van der Waals surface area (Å²) in [4.78, 5) is 28.9. The molecule has 0 aliphatic rings. The van der Waals surface area contributed by atoms with E-state index in [1.165, 1.54) is 4.31 Å². The van der Waals surface area contributed by atoms with Gasteiger partial charge in [-0.1, -0.05) is 83.0 Å². The molecule has 3 aromatic carbocycles. The van der Waals surface area contributed by atoms with E-state index < -0.39 is 16.1 Å². The lowest BCUT2D eigenvalue weighted by atomic mass is 10.0. The van der Waals surface area contributed by atoms with Crippen molar-refractivity contribution in [3.8, 4) is 0 Å². The van der Waals surface area contributed by atoms with Crippen LogP contribution < -0.4 is 9.62 Å². The van der Waals surface area contributed by atoms with E-state index in [0.717, 1.165) is 33.8 Å². The van der Waals surface area contributed by atoms with Crippen molar-refractivity contribution in [2.45, 2.75) is 52.1 Å². The number of carbonyl (C=O) groups excluding carboxylic acids is 2. The minimum atomic E-state index is -3.63. The predicted octanol–water partition coefficient (Wildman–Crippen LogP) is 6.12. The summed E-state index contributed by atoms with van der Waals surface area (Å²) in [5, 5.41) is 3.40. The van der Waals surface area contributed by atoms with E-state index >= 15 is 0 Å². The normalized spacial score (nSPS) is 12.0. The van der Waals surface area contributed by atoms with Gasteiger partial charge in [-0.2, -0.15) is 0 Å². The molecule has 0 aliphatic carbocycles. The molecule has 0 spiro atoms. The SMILES string of the molecule is CCCNC(=O)[C@H](Cc1ccccc1)N(Cc1ccc(Br)cc1)C(=O)CCCN(c1cc(Cl)ccc1C)S(C)(=O)=O. The molecule has 0 unspecified atom stereocenters. The van der Waals surface area contributed by atoms with E-state index in [1.54, 1.807) is 23.1 Å². The summed E-state index contributed by atoms with van der Waals surface area (Å²) in [7, 11) is -3.63. The molecule has 41 heavy (non-hydrogen) atoms. The Hall–Kier alpha value is -2.88. The third kappa shape index (κ3) is 9.87. The molecule has 0 aliphatic heterocycles. The summed E-state index contributed by atoms with van der Waals surface area (Å²) in [6.45, 7) is 4.65. The van der Waals surface area contributed by atoms with Crippen molar-refractivity contribution in [1.29, 1.82) is 0 Å². The first-order valence-electron chi connectivity index (χ1n) is 13.6. The minimum absolute atomic E-state index is 0.0640. The number of hydrogen-bond acceptors (Lipinski definition) is 4. The van der Waals surface area contributed by atoms with Crippen LogP contribution in [0.5, 0.6) is 0 Å². The molecule has 3 aromatic rings. The van der Waals surface area contributed by atoms with Gasteiger partial charge in [0.05, 0.1) is 11.9 Å². The van der Waals surface area contributed by atoms with Crippen molar-refractivity contribution in [2.24, 2.45) is 0 Å². The van der Waals surface area contributed by atoms with Gasteiger partial charge in [0.25, 0.3) is 0 Å². The van der Waals surface area contributed by atoms with Crippen LogP contribution in [0.15, 0.2) is 77.3 Å². The Labute approximate surface area is 257 Å². The molecule has 1 N–H and O–H groups in total. The highest BCUT2D eigenvalue weighted by Crippen LogP contribution is 2.27. The topological polar surface area (TPSA) is 86.8 Å². The van der Waals surface area contributed by atoms with Gasteiger partial charge in [0.2, 0.25) is 21.8 Å². The van der Waals surface area contributed by atoms with Gasteiger partial charge in [-0.25, -0.2) is 8.42 Å². The van der Waals surface area contributed by atoms with Crippen LogP contribution >= 0.6 is 27.5 Å². The standard InChI is InChI=1S/C31H37BrClN3O4S/c1-4-18-34-31(38)29(20-24-9-6-5-7-10-24)35(22-25-13-15-26(32)16-14-25)30(37)11-8-19-36(41(3,39)40)28-21-27(33)17-12-23(28)2/h5-7,9-10,12-17,21,29H,4,8,11,18-20,22H2,1-3H3,(H,34,38)/t29-/m0/s1. The number of nitrogens with one attached hydrogen (secondary N) is 1. The zero-order valence-corrected chi connectivity index (χ0v) is 26.8. The first kappa shape index (κ1) is 32.6. The highest BCUT2D eigenvalue weighted by atomic mass is 79.9. The summed E-state index contributed by atoms with van der Waals surface area (Å²) >= 11 is 9.62. The minimum Gasteiger partial charge on any atom is -0.354 e. The van der Waals surface area contributed by atoms with Gasteiger partial charge >= 0.3 is 0 Å². The summed E-state index contributed by atoms with van der Waals surface area (Å²) < 4.78 is 27.6. The van der Waals surface area contributed by atoms with Crippen molar-refractivity contribution in [1.82, 2.24) is 10.2 Å². The Kier molecular flexibility index (Phi) is 12.2. The second-order valence-corrected chi connectivity index (χ2v) is 13.3. The van der Waals surface area contributed by atoms with Crippen molar-refractivity contribution in [2.75, 3.05) is 23.7 Å². The molecule has 0 aromatic heterocycles. The van der Waals surface area contributed by atoms with Crippen molar-refractivity contribution < 1.29 is 18.0 Å².